The van der Waals surface area contributed by atoms with Crippen molar-refractivity contribution in [2.45, 2.75) is 25.8 Å². The largest absolute Gasteiger partial charge is 0.383 e. The second-order valence-corrected chi connectivity index (χ2v) is 5.63. The topological polar surface area (TPSA) is 18.5 Å². The first kappa shape index (κ1) is 14.4. The first-order chi connectivity index (χ1) is 9.25. The summed E-state index contributed by atoms with van der Waals surface area (Å²) in [6.45, 7) is 8.26. The molecule has 1 aliphatic heterocycles. The van der Waals surface area contributed by atoms with E-state index in [-0.39, 0.29) is 0 Å². The van der Waals surface area contributed by atoms with E-state index in [4.69, 9.17) is 0 Å². The SMILES string of the molecule is CC(CNc1ccccc1)N(C)CCN1CCCC1. The van der Waals surface area contributed by atoms with Gasteiger partial charge in [-0.2, -0.15) is 0 Å². The van der Waals surface area contributed by atoms with E-state index in [0.717, 1.165) is 13.1 Å². The van der Waals surface area contributed by atoms with Crippen LogP contribution in [0.2, 0.25) is 0 Å². The van der Waals surface area contributed by atoms with Gasteiger partial charge in [-0.25, -0.2) is 0 Å². The Morgan fingerprint density at radius 1 is 1.21 bits per heavy atom. The number of likely N-dealkylation sites (tertiary alicyclic amines) is 1. The fourth-order valence-corrected chi connectivity index (χ4v) is 2.50. The molecular weight excluding hydrogens is 234 g/mol. The van der Waals surface area contributed by atoms with Crippen molar-refractivity contribution in [1.29, 1.82) is 0 Å². The molecule has 1 heterocycles. The van der Waals surface area contributed by atoms with Crippen LogP contribution in [0, 0.1) is 0 Å². The summed E-state index contributed by atoms with van der Waals surface area (Å²) in [6, 6.07) is 11.0. The van der Waals surface area contributed by atoms with E-state index in [1.165, 1.54) is 38.2 Å². The minimum atomic E-state index is 0.558. The van der Waals surface area contributed by atoms with Gasteiger partial charge in [0.15, 0.2) is 0 Å². The highest BCUT2D eigenvalue weighted by molar-refractivity contribution is 5.42. The van der Waals surface area contributed by atoms with Gasteiger partial charge < -0.3 is 15.1 Å². The van der Waals surface area contributed by atoms with Crippen molar-refractivity contribution >= 4 is 5.69 Å². The Morgan fingerprint density at radius 3 is 2.58 bits per heavy atom. The van der Waals surface area contributed by atoms with Crippen LogP contribution < -0.4 is 5.32 Å². The van der Waals surface area contributed by atoms with Crippen molar-refractivity contribution < 1.29 is 0 Å². The lowest BCUT2D eigenvalue weighted by atomic mass is 10.2. The molecule has 0 amide bonds. The molecule has 0 bridgehead atoms. The third kappa shape index (κ3) is 4.84. The Kier molecular flexibility index (Phi) is 5.67. The maximum atomic E-state index is 3.50. The van der Waals surface area contributed by atoms with E-state index in [9.17, 15) is 0 Å². The predicted molar refractivity (Wildman–Crippen MR) is 82.7 cm³/mol. The summed E-state index contributed by atoms with van der Waals surface area (Å²) in [6.07, 6.45) is 2.77. The van der Waals surface area contributed by atoms with Gasteiger partial charge in [0.25, 0.3) is 0 Å². The molecule has 1 aliphatic rings. The number of benzene rings is 1. The van der Waals surface area contributed by atoms with Gasteiger partial charge in [0.2, 0.25) is 0 Å². The van der Waals surface area contributed by atoms with Crippen molar-refractivity contribution in [3.8, 4) is 0 Å². The lowest BCUT2D eigenvalue weighted by Gasteiger charge is -2.27. The predicted octanol–water partition coefficient (Wildman–Crippen LogP) is 2.51. The molecule has 0 spiro atoms. The minimum absolute atomic E-state index is 0.558. The molecule has 106 valence electrons. The highest BCUT2D eigenvalue weighted by Gasteiger charge is 2.14. The van der Waals surface area contributed by atoms with Crippen molar-refractivity contribution in [3.63, 3.8) is 0 Å². The highest BCUT2D eigenvalue weighted by atomic mass is 15.2. The van der Waals surface area contributed by atoms with Crippen molar-refractivity contribution in [2.24, 2.45) is 0 Å². The van der Waals surface area contributed by atoms with E-state index in [2.05, 4.69) is 59.4 Å². The molecule has 1 N–H and O–H groups in total. The van der Waals surface area contributed by atoms with Crippen LogP contribution in [0.15, 0.2) is 30.3 Å². The zero-order valence-corrected chi connectivity index (χ0v) is 12.3. The fourth-order valence-electron chi connectivity index (χ4n) is 2.50. The lowest BCUT2D eigenvalue weighted by Crippen LogP contribution is -2.39. The summed E-state index contributed by atoms with van der Waals surface area (Å²) in [5, 5.41) is 3.50. The molecule has 0 saturated carbocycles. The molecule has 0 aromatic heterocycles. The third-order valence-electron chi connectivity index (χ3n) is 4.10. The number of rotatable bonds is 7. The van der Waals surface area contributed by atoms with Gasteiger partial charge in [-0.1, -0.05) is 18.2 Å². The second-order valence-electron chi connectivity index (χ2n) is 5.63. The Hall–Kier alpha value is -1.06. The van der Waals surface area contributed by atoms with Crippen molar-refractivity contribution in [3.05, 3.63) is 30.3 Å². The van der Waals surface area contributed by atoms with Crippen LogP contribution in [-0.2, 0) is 0 Å². The highest BCUT2D eigenvalue weighted by Crippen LogP contribution is 2.08. The van der Waals surface area contributed by atoms with Gasteiger partial charge in [0, 0.05) is 31.4 Å². The minimum Gasteiger partial charge on any atom is -0.383 e. The molecule has 0 radical (unpaired) electrons. The van der Waals surface area contributed by atoms with E-state index in [1.807, 2.05) is 0 Å². The van der Waals surface area contributed by atoms with Crippen LogP contribution in [0.3, 0.4) is 0 Å². The summed E-state index contributed by atoms with van der Waals surface area (Å²) >= 11 is 0. The number of nitrogens with zero attached hydrogens (tertiary/aromatic N) is 2. The summed E-state index contributed by atoms with van der Waals surface area (Å²) < 4.78 is 0. The monoisotopic (exact) mass is 261 g/mol. The number of nitrogens with one attached hydrogen (secondary N) is 1. The summed E-state index contributed by atoms with van der Waals surface area (Å²) in [4.78, 5) is 5.03. The fraction of sp³-hybridized carbons (Fsp3) is 0.625. The maximum Gasteiger partial charge on any atom is 0.0340 e. The van der Waals surface area contributed by atoms with E-state index in [1.54, 1.807) is 0 Å². The van der Waals surface area contributed by atoms with E-state index >= 15 is 0 Å². The van der Waals surface area contributed by atoms with Crippen LogP contribution in [0.4, 0.5) is 5.69 Å². The van der Waals surface area contributed by atoms with Gasteiger partial charge >= 0.3 is 0 Å². The van der Waals surface area contributed by atoms with E-state index < -0.39 is 0 Å². The maximum absolute atomic E-state index is 3.50. The lowest BCUT2D eigenvalue weighted by molar-refractivity contribution is 0.221. The average molecular weight is 261 g/mol. The van der Waals surface area contributed by atoms with Crippen molar-refractivity contribution in [1.82, 2.24) is 9.80 Å². The van der Waals surface area contributed by atoms with E-state index in [0.29, 0.717) is 6.04 Å². The molecule has 2 rings (SSSR count). The first-order valence-electron chi connectivity index (χ1n) is 7.47. The molecule has 1 saturated heterocycles. The summed E-state index contributed by atoms with van der Waals surface area (Å²) in [5.74, 6) is 0. The zero-order valence-electron chi connectivity index (χ0n) is 12.3. The van der Waals surface area contributed by atoms with Gasteiger partial charge in [0.1, 0.15) is 0 Å². The molecule has 1 unspecified atom stereocenters. The molecule has 0 aliphatic carbocycles. The van der Waals surface area contributed by atoms with Crippen LogP contribution in [0.1, 0.15) is 19.8 Å². The molecule has 19 heavy (non-hydrogen) atoms. The average Bonchev–Trinajstić information content (AvgIpc) is 2.96. The number of hydrogen-bond donors (Lipinski definition) is 1. The Morgan fingerprint density at radius 2 is 1.89 bits per heavy atom. The number of hydrogen-bond acceptors (Lipinski definition) is 3. The molecule has 1 aromatic carbocycles. The number of anilines is 1. The quantitative estimate of drug-likeness (QED) is 0.813. The summed E-state index contributed by atoms with van der Waals surface area (Å²) in [7, 11) is 2.23. The molecule has 1 atom stereocenters. The number of para-hydroxylation sites is 1. The van der Waals surface area contributed by atoms with Gasteiger partial charge in [-0.05, 0) is 52.0 Å². The van der Waals surface area contributed by atoms with Gasteiger partial charge in [-0.15, -0.1) is 0 Å². The Labute approximate surface area is 117 Å². The normalized spacial score (nSPS) is 17.8. The van der Waals surface area contributed by atoms with Gasteiger partial charge in [-0.3, -0.25) is 0 Å². The molecule has 3 nitrogen and oxygen atoms in total. The smallest absolute Gasteiger partial charge is 0.0340 e. The molecule has 1 fully saturated rings. The molecule has 3 heteroatoms. The van der Waals surface area contributed by atoms with Crippen molar-refractivity contribution in [2.75, 3.05) is 45.1 Å². The Bertz CT molecular complexity index is 346. The zero-order chi connectivity index (χ0) is 13.5. The van der Waals surface area contributed by atoms with Crippen LogP contribution in [-0.4, -0.2) is 55.6 Å². The molecule has 1 aromatic rings. The van der Waals surface area contributed by atoms with Crippen LogP contribution >= 0.6 is 0 Å². The van der Waals surface area contributed by atoms with Crippen LogP contribution in [0.25, 0.3) is 0 Å². The third-order valence-corrected chi connectivity index (χ3v) is 4.10. The second kappa shape index (κ2) is 7.51. The van der Waals surface area contributed by atoms with Crippen LogP contribution in [0.5, 0.6) is 0 Å². The summed E-state index contributed by atoms with van der Waals surface area (Å²) in [5.41, 5.74) is 1.21. The first-order valence-corrected chi connectivity index (χ1v) is 7.47. The number of likely N-dealkylation sites (N-methyl/N-ethyl adjacent to an activating group) is 1. The molecular formula is C16H27N3. The Balaban J connectivity index is 1.65. The van der Waals surface area contributed by atoms with Gasteiger partial charge in [0.05, 0.1) is 0 Å². The standard InChI is InChI=1S/C16H27N3/c1-15(14-17-16-8-4-3-5-9-16)18(2)12-13-19-10-6-7-11-19/h3-5,8-9,15,17H,6-7,10-14H2,1-2H3.